The monoisotopic (exact) mass is 159 g/mol. The van der Waals surface area contributed by atoms with E-state index in [0.717, 1.165) is 12.4 Å². The maximum absolute atomic E-state index is 5.84. The van der Waals surface area contributed by atoms with Gasteiger partial charge < -0.3 is 5.73 Å². The molecule has 0 bridgehead atoms. The molecular weight excluding hydrogens is 146 g/mol. The van der Waals surface area contributed by atoms with Crippen molar-refractivity contribution in [1.29, 1.82) is 0 Å². The Balaban J connectivity index is 2.01. The van der Waals surface area contributed by atoms with Gasteiger partial charge >= 0.3 is 0 Å². The highest BCUT2D eigenvalue weighted by molar-refractivity contribution is 7.99. The van der Waals surface area contributed by atoms with Crippen molar-refractivity contribution in [3.05, 3.63) is 0 Å². The van der Waals surface area contributed by atoms with Crippen LogP contribution in [0, 0.1) is 0 Å². The fourth-order valence-electron chi connectivity index (χ4n) is 1.51. The van der Waals surface area contributed by atoms with E-state index in [0.29, 0.717) is 0 Å². The number of thioether (sulfide) groups is 1. The Morgan fingerprint density at radius 3 is 2.90 bits per heavy atom. The smallest absolute Gasteiger partial charge is 0.120 e. The molecule has 10 heavy (non-hydrogen) atoms. The fraction of sp³-hybridized carbons (Fsp3) is 1.00. The van der Waals surface area contributed by atoms with E-state index >= 15 is 0 Å². The summed E-state index contributed by atoms with van der Waals surface area (Å²) in [4.78, 5) is 0. The number of rotatable bonds is 0. The molecule has 0 aromatic carbocycles. The summed E-state index contributed by atoms with van der Waals surface area (Å²) in [5, 5.41) is 4.65. The van der Waals surface area contributed by atoms with Crippen molar-refractivity contribution >= 4 is 11.8 Å². The summed E-state index contributed by atoms with van der Waals surface area (Å²) in [5.41, 5.74) is 6.07. The maximum atomic E-state index is 5.84. The molecule has 2 fully saturated rings. The third kappa shape index (κ3) is 1.05. The van der Waals surface area contributed by atoms with Crippen LogP contribution in [0.3, 0.4) is 0 Å². The molecular formula is C6H13N3S. The molecule has 0 aromatic heterocycles. The normalized spacial score (nSPS) is 36.3. The van der Waals surface area contributed by atoms with E-state index in [4.69, 9.17) is 5.73 Å². The Morgan fingerprint density at radius 2 is 2.10 bits per heavy atom. The first-order valence-electron chi connectivity index (χ1n) is 3.76. The van der Waals surface area contributed by atoms with Gasteiger partial charge in [0.25, 0.3) is 0 Å². The van der Waals surface area contributed by atoms with Crippen LogP contribution in [0.5, 0.6) is 0 Å². The number of fused-ring (bicyclic) bond motifs is 1. The molecule has 1 atom stereocenters. The molecule has 1 unspecified atom stereocenters. The van der Waals surface area contributed by atoms with Crippen LogP contribution in [0.2, 0.25) is 0 Å². The van der Waals surface area contributed by atoms with E-state index in [9.17, 15) is 0 Å². The van der Waals surface area contributed by atoms with Gasteiger partial charge in [0.15, 0.2) is 0 Å². The third-order valence-corrected chi connectivity index (χ3v) is 3.14. The highest BCUT2D eigenvalue weighted by atomic mass is 32.2. The second-order valence-electron chi connectivity index (χ2n) is 2.79. The van der Waals surface area contributed by atoms with Crippen LogP contribution in [-0.4, -0.2) is 34.5 Å². The van der Waals surface area contributed by atoms with E-state index in [1.54, 1.807) is 0 Å². The number of nitrogens with two attached hydrogens (primary N) is 1. The summed E-state index contributed by atoms with van der Waals surface area (Å²) in [5.74, 6) is 1.10. The van der Waals surface area contributed by atoms with Crippen molar-refractivity contribution < 1.29 is 0 Å². The lowest BCUT2D eigenvalue weighted by Crippen LogP contribution is -2.48. The summed E-state index contributed by atoms with van der Waals surface area (Å²) in [6, 6.07) is 0. The average Bonchev–Trinajstić information content (AvgIpc) is 2.34. The van der Waals surface area contributed by atoms with Gasteiger partial charge in [-0.3, -0.25) is 0 Å². The van der Waals surface area contributed by atoms with Gasteiger partial charge in [0.1, 0.15) is 5.50 Å². The van der Waals surface area contributed by atoms with Crippen LogP contribution in [0.4, 0.5) is 0 Å². The zero-order valence-electron chi connectivity index (χ0n) is 5.99. The first-order chi connectivity index (χ1) is 4.88. The van der Waals surface area contributed by atoms with Crippen molar-refractivity contribution in [2.24, 2.45) is 5.73 Å². The first kappa shape index (κ1) is 6.91. The summed E-state index contributed by atoms with van der Waals surface area (Å²) in [6.07, 6.45) is 2.65. The van der Waals surface area contributed by atoms with Crippen molar-refractivity contribution in [3.8, 4) is 0 Å². The lowest BCUT2D eigenvalue weighted by atomic mass is 10.2. The first-order valence-corrected chi connectivity index (χ1v) is 4.81. The molecule has 0 aromatic rings. The quantitative estimate of drug-likeness (QED) is 0.549. The zero-order valence-corrected chi connectivity index (χ0v) is 6.81. The molecule has 0 aliphatic carbocycles. The zero-order chi connectivity index (χ0) is 6.97. The van der Waals surface area contributed by atoms with Gasteiger partial charge in [-0.2, -0.15) is 0 Å². The number of hydrazine groups is 1. The van der Waals surface area contributed by atoms with Gasteiger partial charge in [-0.05, 0) is 12.8 Å². The minimum absolute atomic E-state index is 0.236. The summed E-state index contributed by atoms with van der Waals surface area (Å²) in [6.45, 7) is 2.37. The van der Waals surface area contributed by atoms with Gasteiger partial charge in [-0.25, -0.2) is 10.0 Å². The fourth-order valence-corrected chi connectivity index (χ4v) is 2.53. The van der Waals surface area contributed by atoms with E-state index in [1.807, 2.05) is 11.8 Å². The number of hydrogen-bond donors (Lipinski definition) is 1. The second kappa shape index (κ2) is 2.70. The number of hydrogen-bond acceptors (Lipinski definition) is 4. The highest BCUT2D eigenvalue weighted by Crippen LogP contribution is 2.27. The van der Waals surface area contributed by atoms with E-state index < -0.39 is 0 Å². The summed E-state index contributed by atoms with van der Waals surface area (Å²) >= 11 is 1.83. The molecule has 0 amide bonds. The Kier molecular flexibility index (Phi) is 1.86. The lowest BCUT2D eigenvalue weighted by Gasteiger charge is -2.33. The van der Waals surface area contributed by atoms with Gasteiger partial charge in [0, 0.05) is 13.1 Å². The summed E-state index contributed by atoms with van der Waals surface area (Å²) < 4.78 is 0. The Bertz CT molecular complexity index is 128. The highest BCUT2D eigenvalue weighted by Gasteiger charge is 2.30. The molecule has 2 aliphatic rings. The SMILES string of the molecule is NC1SCN2CCCCN12. The predicted molar refractivity (Wildman–Crippen MR) is 43.1 cm³/mol. The van der Waals surface area contributed by atoms with Crippen LogP contribution < -0.4 is 5.73 Å². The van der Waals surface area contributed by atoms with Crippen LogP contribution in [0.25, 0.3) is 0 Å². The predicted octanol–water partition coefficient (Wildman–Crippen LogP) is 0.246. The molecule has 0 saturated carbocycles. The minimum atomic E-state index is 0.236. The van der Waals surface area contributed by atoms with Crippen molar-refractivity contribution in [2.45, 2.75) is 18.3 Å². The molecule has 2 aliphatic heterocycles. The van der Waals surface area contributed by atoms with E-state index in [1.165, 1.54) is 19.4 Å². The minimum Gasteiger partial charge on any atom is -0.306 e. The van der Waals surface area contributed by atoms with Crippen molar-refractivity contribution in [3.63, 3.8) is 0 Å². The lowest BCUT2D eigenvalue weighted by molar-refractivity contribution is -0.0263. The molecule has 3 nitrogen and oxygen atoms in total. The van der Waals surface area contributed by atoms with E-state index in [-0.39, 0.29) is 5.50 Å². The van der Waals surface area contributed by atoms with E-state index in [2.05, 4.69) is 10.0 Å². The molecule has 0 spiro atoms. The Labute approximate surface area is 65.5 Å². The molecule has 2 heterocycles. The van der Waals surface area contributed by atoms with Gasteiger partial charge in [-0.15, -0.1) is 11.8 Å². The standard InChI is InChI=1S/C6H13N3S/c7-6-9-4-2-1-3-8(9)5-10-6/h6H,1-5,7H2. The molecule has 2 saturated heterocycles. The molecule has 58 valence electrons. The van der Waals surface area contributed by atoms with Crippen molar-refractivity contribution in [1.82, 2.24) is 10.0 Å². The topological polar surface area (TPSA) is 32.5 Å². The van der Waals surface area contributed by atoms with Crippen LogP contribution in [0.1, 0.15) is 12.8 Å². The maximum Gasteiger partial charge on any atom is 0.120 e. The summed E-state index contributed by atoms with van der Waals surface area (Å²) in [7, 11) is 0. The van der Waals surface area contributed by atoms with Gasteiger partial charge in [0.05, 0.1) is 5.88 Å². The third-order valence-electron chi connectivity index (χ3n) is 2.10. The Morgan fingerprint density at radius 1 is 1.30 bits per heavy atom. The number of nitrogens with zero attached hydrogens (tertiary/aromatic N) is 2. The molecule has 2 N–H and O–H groups in total. The van der Waals surface area contributed by atoms with Crippen LogP contribution in [-0.2, 0) is 0 Å². The van der Waals surface area contributed by atoms with Crippen LogP contribution in [0.15, 0.2) is 0 Å². The van der Waals surface area contributed by atoms with Gasteiger partial charge in [-0.1, -0.05) is 0 Å². The second-order valence-corrected chi connectivity index (χ2v) is 3.86. The van der Waals surface area contributed by atoms with Gasteiger partial charge in [0.2, 0.25) is 0 Å². The molecule has 2 rings (SSSR count). The largest absolute Gasteiger partial charge is 0.306 e. The Hall–Kier alpha value is 0.230. The molecule has 4 heteroatoms. The average molecular weight is 159 g/mol. The van der Waals surface area contributed by atoms with Crippen molar-refractivity contribution in [2.75, 3.05) is 19.0 Å². The van der Waals surface area contributed by atoms with Crippen LogP contribution >= 0.6 is 11.8 Å². The molecule has 0 radical (unpaired) electrons.